The summed E-state index contributed by atoms with van der Waals surface area (Å²) in [5, 5.41) is 29.0. The van der Waals surface area contributed by atoms with Gasteiger partial charge in [-0.15, -0.1) is 12.3 Å². The molecule has 26 heavy (non-hydrogen) atoms. The van der Waals surface area contributed by atoms with Crippen LogP contribution in [0.3, 0.4) is 0 Å². The van der Waals surface area contributed by atoms with Crippen LogP contribution < -0.4 is 0 Å². The normalized spacial score (nSPS) is 33.6. The number of hydrogen-bond acceptors (Lipinski definition) is 8. The number of alkyl halides is 2. The van der Waals surface area contributed by atoms with E-state index in [4.69, 9.17) is 21.0 Å². The molecule has 0 bridgehead atoms. The zero-order chi connectivity index (χ0) is 20.1. The maximum absolute atomic E-state index is 14.8. The first-order chi connectivity index (χ1) is 12.1. The summed E-state index contributed by atoms with van der Waals surface area (Å²) in [5.41, 5.74) is 0. The van der Waals surface area contributed by atoms with Crippen LogP contribution in [0.25, 0.3) is 0 Å². The largest absolute Gasteiger partial charge is 0.465 e. The van der Waals surface area contributed by atoms with Crippen LogP contribution in [0, 0.1) is 18.3 Å². The molecule has 0 aromatic heterocycles. The molecule has 1 aliphatic heterocycles. The first-order valence-electron chi connectivity index (χ1n) is 7.83. The zero-order valence-electron chi connectivity index (χ0n) is 14.3. The molecule has 0 spiro atoms. The molecule has 8 nitrogen and oxygen atoms in total. The van der Waals surface area contributed by atoms with Crippen molar-refractivity contribution in [2.45, 2.75) is 56.2 Å². The van der Waals surface area contributed by atoms with Crippen molar-refractivity contribution in [2.24, 2.45) is 5.92 Å². The van der Waals surface area contributed by atoms with Crippen molar-refractivity contribution in [1.29, 1.82) is 0 Å². The van der Waals surface area contributed by atoms with Gasteiger partial charge in [-0.1, -0.05) is 6.92 Å². The van der Waals surface area contributed by atoms with E-state index in [1.54, 1.807) is 0 Å². The van der Waals surface area contributed by atoms with Crippen molar-refractivity contribution in [3.63, 3.8) is 0 Å². The van der Waals surface area contributed by atoms with Crippen LogP contribution in [-0.2, 0) is 23.8 Å². The van der Waals surface area contributed by atoms with Crippen molar-refractivity contribution in [3.05, 3.63) is 0 Å². The quantitative estimate of drug-likeness (QED) is 0.389. The lowest BCUT2D eigenvalue weighted by Gasteiger charge is -2.45. The second-order valence-corrected chi connectivity index (χ2v) is 5.88. The SMILES string of the molecule is C#CCCC(=O)O[C@@H](C1OC(F)(C(=O)OC)C(F)C(O)C1C)[C@H](O)CO. The van der Waals surface area contributed by atoms with E-state index in [0.717, 1.165) is 7.11 Å². The topological polar surface area (TPSA) is 123 Å². The third-order valence-corrected chi connectivity index (χ3v) is 4.11. The van der Waals surface area contributed by atoms with Crippen molar-refractivity contribution in [1.82, 2.24) is 0 Å². The molecule has 0 radical (unpaired) electrons. The second-order valence-electron chi connectivity index (χ2n) is 5.88. The Bertz CT molecular complexity index is 551. The fourth-order valence-corrected chi connectivity index (χ4v) is 2.57. The Hall–Kier alpha value is -1.80. The summed E-state index contributed by atoms with van der Waals surface area (Å²) < 4.78 is 42.9. The van der Waals surface area contributed by atoms with Gasteiger partial charge in [0.05, 0.1) is 26.2 Å². The Labute approximate surface area is 149 Å². The van der Waals surface area contributed by atoms with Gasteiger partial charge in [-0.2, -0.15) is 4.39 Å². The van der Waals surface area contributed by atoms with Gasteiger partial charge in [0, 0.05) is 12.3 Å². The lowest BCUT2D eigenvalue weighted by Crippen LogP contribution is -2.65. The molecule has 3 N–H and O–H groups in total. The van der Waals surface area contributed by atoms with E-state index in [1.807, 2.05) is 0 Å². The van der Waals surface area contributed by atoms with Crippen LogP contribution in [0.15, 0.2) is 0 Å². The van der Waals surface area contributed by atoms with Crippen LogP contribution in [0.5, 0.6) is 0 Å². The number of methoxy groups -OCH3 is 1. The fraction of sp³-hybridized carbons (Fsp3) is 0.750. The predicted octanol–water partition coefficient (Wildman–Crippen LogP) is -0.762. The number of rotatable bonds is 7. The predicted molar refractivity (Wildman–Crippen MR) is 81.8 cm³/mol. The van der Waals surface area contributed by atoms with Crippen molar-refractivity contribution < 1.29 is 47.9 Å². The maximum atomic E-state index is 14.8. The molecular formula is C16H22F2O8. The van der Waals surface area contributed by atoms with Gasteiger partial charge >= 0.3 is 17.8 Å². The van der Waals surface area contributed by atoms with Crippen molar-refractivity contribution >= 4 is 11.9 Å². The Balaban J connectivity index is 3.15. The van der Waals surface area contributed by atoms with Crippen molar-refractivity contribution in [2.75, 3.05) is 13.7 Å². The van der Waals surface area contributed by atoms with Gasteiger partial charge in [0.15, 0.2) is 12.3 Å². The van der Waals surface area contributed by atoms with Gasteiger partial charge in [-0.25, -0.2) is 9.18 Å². The molecule has 0 amide bonds. The number of aliphatic hydroxyl groups is 3. The molecule has 10 heteroatoms. The molecule has 0 aromatic rings. The minimum atomic E-state index is -3.68. The Morgan fingerprint density at radius 2 is 2.08 bits per heavy atom. The highest BCUT2D eigenvalue weighted by Gasteiger charge is 2.62. The number of halogens is 2. The van der Waals surface area contributed by atoms with Gasteiger partial charge in [0.25, 0.3) is 0 Å². The Morgan fingerprint density at radius 3 is 2.58 bits per heavy atom. The highest BCUT2D eigenvalue weighted by atomic mass is 19.2. The van der Waals surface area contributed by atoms with Gasteiger partial charge in [-0.3, -0.25) is 4.79 Å². The number of hydrogen-bond donors (Lipinski definition) is 3. The molecule has 148 valence electrons. The van der Waals surface area contributed by atoms with Crippen molar-refractivity contribution in [3.8, 4) is 12.3 Å². The van der Waals surface area contributed by atoms with Crippen LogP contribution in [0.2, 0.25) is 0 Å². The van der Waals surface area contributed by atoms with E-state index in [2.05, 4.69) is 10.7 Å². The number of ether oxygens (including phenoxy) is 3. The summed E-state index contributed by atoms with van der Waals surface area (Å²) in [6.45, 7) is 0.331. The molecule has 1 saturated heterocycles. The standard InChI is InChI=1S/C16H22F2O8/c1-4-5-6-10(21)25-13(9(20)7-19)12-8(2)11(22)14(17)16(18,26-12)15(23)24-3/h1,8-9,11-14,19-20,22H,5-7H2,2-3H3/t8?,9-,11?,12?,13-,14?,16?/m1/s1. The average Bonchev–Trinajstić information content (AvgIpc) is 2.64. The van der Waals surface area contributed by atoms with E-state index < -0.39 is 60.9 Å². The van der Waals surface area contributed by atoms with Crippen LogP contribution in [-0.4, -0.2) is 77.4 Å². The smallest absolute Gasteiger partial charge is 0.375 e. The third kappa shape index (κ3) is 4.48. The molecule has 1 heterocycles. The fourth-order valence-electron chi connectivity index (χ4n) is 2.57. The molecule has 1 fully saturated rings. The van der Waals surface area contributed by atoms with Gasteiger partial charge < -0.3 is 29.5 Å². The number of terminal acetylenes is 1. The lowest BCUT2D eigenvalue weighted by molar-refractivity contribution is -0.303. The number of carbonyl (C=O) groups is 2. The third-order valence-electron chi connectivity index (χ3n) is 4.11. The van der Waals surface area contributed by atoms with Crippen LogP contribution in [0.4, 0.5) is 8.78 Å². The monoisotopic (exact) mass is 380 g/mol. The van der Waals surface area contributed by atoms with E-state index in [0.29, 0.717) is 0 Å². The molecule has 7 atom stereocenters. The lowest BCUT2D eigenvalue weighted by atomic mass is 9.84. The number of esters is 2. The molecule has 1 rings (SSSR count). The molecule has 1 aliphatic rings. The Morgan fingerprint density at radius 1 is 1.46 bits per heavy atom. The minimum absolute atomic E-state index is 0.0201. The zero-order valence-corrected chi connectivity index (χ0v) is 14.3. The second kappa shape index (κ2) is 9.23. The molecule has 0 aliphatic carbocycles. The van der Waals surface area contributed by atoms with Gasteiger partial charge in [0.1, 0.15) is 12.2 Å². The average molecular weight is 380 g/mol. The number of aliphatic hydroxyl groups excluding tert-OH is 3. The van der Waals surface area contributed by atoms with E-state index in [-0.39, 0.29) is 12.8 Å². The maximum Gasteiger partial charge on any atom is 0.375 e. The summed E-state index contributed by atoms with van der Waals surface area (Å²) in [6.07, 6.45) is -5.09. The molecule has 0 aromatic carbocycles. The summed E-state index contributed by atoms with van der Waals surface area (Å²) in [7, 11) is 0.791. The molecule has 0 saturated carbocycles. The summed E-state index contributed by atoms with van der Waals surface area (Å²) >= 11 is 0. The summed E-state index contributed by atoms with van der Waals surface area (Å²) in [6, 6.07) is 0. The first kappa shape index (κ1) is 22.2. The van der Waals surface area contributed by atoms with E-state index in [9.17, 15) is 28.6 Å². The number of carbonyl (C=O) groups excluding carboxylic acids is 2. The van der Waals surface area contributed by atoms with E-state index in [1.165, 1.54) is 6.92 Å². The highest BCUT2D eigenvalue weighted by Crippen LogP contribution is 2.39. The summed E-state index contributed by atoms with van der Waals surface area (Å²) in [5.74, 6) is -5.31. The Kier molecular flexibility index (Phi) is 7.89. The van der Waals surface area contributed by atoms with Crippen LogP contribution in [0.1, 0.15) is 19.8 Å². The molecule has 5 unspecified atom stereocenters. The van der Waals surface area contributed by atoms with Gasteiger partial charge in [0.2, 0.25) is 0 Å². The van der Waals surface area contributed by atoms with Gasteiger partial charge in [-0.05, 0) is 0 Å². The highest BCUT2D eigenvalue weighted by molar-refractivity contribution is 5.78. The summed E-state index contributed by atoms with van der Waals surface area (Å²) in [4.78, 5) is 23.4. The van der Waals surface area contributed by atoms with E-state index >= 15 is 0 Å². The first-order valence-corrected chi connectivity index (χ1v) is 7.83. The van der Waals surface area contributed by atoms with Crippen LogP contribution >= 0.6 is 0 Å². The molecular weight excluding hydrogens is 358 g/mol. The minimum Gasteiger partial charge on any atom is -0.465 e.